The predicted octanol–water partition coefficient (Wildman–Crippen LogP) is 1.55. The lowest BCUT2D eigenvalue weighted by atomic mass is 9.82. The number of nitrogens with one attached hydrogen (secondary N) is 1. The van der Waals surface area contributed by atoms with E-state index in [9.17, 15) is 14.7 Å². The largest absolute Gasteiger partial charge is 0.375 e. The van der Waals surface area contributed by atoms with Crippen molar-refractivity contribution in [3.63, 3.8) is 0 Å². The number of rotatable bonds is 7. The van der Waals surface area contributed by atoms with Crippen molar-refractivity contribution in [2.75, 3.05) is 6.54 Å². The van der Waals surface area contributed by atoms with Gasteiger partial charge in [-0.2, -0.15) is 0 Å². The Morgan fingerprint density at radius 1 is 1.19 bits per heavy atom. The van der Waals surface area contributed by atoms with Crippen LogP contribution < -0.4 is 11.0 Å². The van der Waals surface area contributed by atoms with E-state index in [4.69, 9.17) is 0 Å². The number of aromatic nitrogens is 3. The summed E-state index contributed by atoms with van der Waals surface area (Å²) >= 11 is 0. The predicted molar refractivity (Wildman–Crippen MR) is 102 cm³/mol. The molecule has 7 heteroatoms. The molecule has 0 saturated heterocycles. The number of fused-ring (bicyclic) bond motifs is 1. The van der Waals surface area contributed by atoms with Crippen molar-refractivity contribution in [2.45, 2.75) is 32.4 Å². The molecule has 0 unspecified atom stereocenters. The first kappa shape index (κ1) is 18.8. The third kappa shape index (κ3) is 3.64. The Bertz CT molecular complexity index is 978. The van der Waals surface area contributed by atoms with Gasteiger partial charge in [-0.3, -0.25) is 9.20 Å². The Morgan fingerprint density at radius 3 is 2.56 bits per heavy atom. The normalized spacial score (nSPS) is 13.6. The van der Waals surface area contributed by atoms with Crippen LogP contribution >= 0.6 is 0 Å². The maximum Gasteiger partial charge on any atom is 0.350 e. The van der Waals surface area contributed by atoms with Crippen molar-refractivity contribution >= 4 is 11.6 Å². The van der Waals surface area contributed by atoms with E-state index in [1.165, 1.54) is 9.08 Å². The molecule has 1 aromatic carbocycles. The second-order valence-electron chi connectivity index (χ2n) is 6.83. The van der Waals surface area contributed by atoms with Crippen LogP contribution in [0.5, 0.6) is 0 Å². The summed E-state index contributed by atoms with van der Waals surface area (Å²) in [6.45, 7) is 4.33. The summed E-state index contributed by atoms with van der Waals surface area (Å²) in [7, 11) is 0. The molecule has 142 valence electrons. The van der Waals surface area contributed by atoms with Gasteiger partial charge in [0, 0.05) is 19.3 Å². The van der Waals surface area contributed by atoms with Gasteiger partial charge >= 0.3 is 5.69 Å². The number of hydrogen-bond donors (Lipinski definition) is 2. The van der Waals surface area contributed by atoms with Gasteiger partial charge in [-0.05, 0) is 30.0 Å². The Morgan fingerprint density at radius 2 is 1.89 bits per heavy atom. The highest BCUT2D eigenvalue weighted by Crippen LogP contribution is 2.29. The van der Waals surface area contributed by atoms with E-state index in [0.717, 1.165) is 0 Å². The zero-order chi connectivity index (χ0) is 19.4. The van der Waals surface area contributed by atoms with E-state index in [0.29, 0.717) is 30.7 Å². The average molecular weight is 368 g/mol. The van der Waals surface area contributed by atoms with E-state index in [1.807, 2.05) is 26.0 Å². The highest BCUT2D eigenvalue weighted by atomic mass is 16.3. The fourth-order valence-electron chi connectivity index (χ4n) is 3.10. The molecule has 0 bridgehead atoms. The highest BCUT2D eigenvalue weighted by molar-refractivity contribution is 5.86. The summed E-state index contributed by atoms with van der Waals surface area (Å²) in [5.74, 6) is -0.730. The van der Waals surface area contributed by atoms with Gasteiger partial charge in [-0.25, -0.2) is 9.48 Å². The first-order valence-corrected chi connectivity index (χ1v) is 9.05. The van der Waals surface area contributed by atoms with Crippen LogP contribution in [0.15, 0.2) is 59.5 Å². The van der Waals surface area contributed by atoms with Gasteiger partial charge in [0.15, 0.2) is 11.2 Å². The molecule has 2 heterocycles. The van der Waals surface area contributed by atoms with Crippen molar-refractivity contribution in [1.82, 2.24) is 19.5 Å². The van der Waals surface area contributed by atoms with Gasteiger partial charge in [0.05, 0.1) is 0 Å². The molecule has 0 spiro atoms. The molecule has 0 radical (unpaired) electrons. The van der Waals surface area contributed by atoms with Gasteiger partial charge in [-0.1, -0.05) is 50.2 Å². The molecule has 0 aliphatic heterocycles. The van der Waals surface area contributed by atoms with Crippen LogP contribution in [0.25, 0.3) is 5.65 Å². The zero-order valence-corrected chi connectivity index (χ0v) is 15.5. The quantitative estimate of drug-likeness (QED) is 0.619. The van der Waals surface area contributed by atoms with Crippen molar-refractivity contribution in [3.8, 4) is 0 Å². The Labute approximate surface area is 157 Å². The first-order valence-electron chi connectivity index (χ1n) is 9.05. The second kappa shape index (κ2) is 7.75. The minimum atomic E-state index is -1.60. The number of hydrogen-bond acceptors (Lipinski definition) is 4. The molecule has 7 nitrogen and oxygen atoms in total. The van der Waals surface area contributed by atoms with Crippen LogP contribution in [0, 0.1) is 5.92 Å². The molecule has 1 amide bonds. The third-order valence-corrected chi connectivity index (χ3v) is 4.72. The molecule has 2 N–H and O–H groups in total. The minimum Gasteiger partial charge on any atom is -0.375 e. The number of amides is 1. The summed E-state index contributed by atoms with van der Waals surface area (Å²) in [6, 6.07) is 14.3. The van der Waals surface area contributed by atoms with Crippen molar-refractivity contribution in [1.29, 1.82) is 0 Å². The van der Waals surface area contributed by atoms with Gasteiger partial charge in [0.2, 0.25) is 0 Å². The Balaban J connectivity index is 1.63. The molecule has 0 aliphatic carbocycles. The van der Waals surface area contributed by atoms with Gasteiger partial charge in [0.1, 0.15) is 0 Å². The smallest absolute Gasteiger partial charge is 0.350 e. The molecule has 1 atom stereocenters. The summed E-state index contributed by atoms with van der Waals surface area (Å²) in [4.78, 5) is 24.9. The SMILES string of the molecule is CC(C)[C@@](O)(C(=O)NCCCn1nc2ccccn2c1=O)c1ccccc1. The number of carbonyl (C=O) groups is 1. The van der Waals surface area contributed by atoms with E-state index < -0.39 is 11.5 Å². The lowest BCUT2D eigenvalue weighted by Gasteiger charge is -2.31. The molecular formula is C20H24N4O3. The molecular weight excluding hydrogens is 344 g/mol. The molecule has 3 aromatic rings. The Hall–Kier alpha value is -2.93. The van der Waals surface area contributed by atoms with Crippen LogP contribution in [-0.2, 0) is 16.9 Å². The molecule has 27 heavy (non-hydrogen) atoms. The van der Waals surface area contributed by atoms with Crippen molar-refractivity contribution in [2.24, 2.45) is 5.92 Å². The molecule has 0 fully saturated rings. The lowest BCUT2D eigenvalue weighted by Crippen LogP contribution is -2.48. The number of carbonyl (C=O) groups excluding carboxylic acids is 1. The molecule has 2 aromatic heterocycles. The second-order valence-corrected chi connectivity index (χ2v) is 6.83. The standard InChI is InChI=1S/C20H24N4O3/c1-15(2)20(27,16-9-4-3-5-10-16)18(25)21-12-8-14-24-19(26)23-13-7-6-11-17(23)22-24/h3-7,9-11,13,15,27H,8,12,14H2,1-2H3,(H,21,25)/t20-/m0/s1. The highest BCUT2D eigenvalue weighted by Gasteiger charge is 2.40. The number of benzene rings is 1. The van der Waals surface area contributed by atoms with Gasteiger partial charge < -0.3 is 10.4 Å². The van der Waals surface area contributed by atoms with Gasteiger partial charge in [0.25, 0.3) is 5.91 Å². The lowest BCUT2D eigenvalue weighted by molar-refractivity contribution is -0.146. The third-order valence-electron chi connectivity index (χ3n) is 4.72. The number of aryl methyl sites for hydroxylation is 1. The van der Waals surface area contributed by atoms with Crippen LogP contribution in [0.2, 0.25) is 0 Å². The van der Waals surface area contributed by atoms with Gasteiger partial charge in [-0.15, -0.1) is 5.10 Å². The van der Waals surface area contributed by atoms with Crippen LogP contribution in [0.1, 0.15) is 25.8 Å². The number of nitrogens with zero attached hydrogens (tertiary/aromatic N) is 3. The maximum absolute atomic E-state index is 12.7. The summed E-state index contributed by atoms with van der Waals surface area (Å²) in [6.07, 6.45) is 2.20. The van der Waals surface area contributed by atoms with Crippen LogP contribution in [-0.4, -0.2) is 31.7 Å². The average Bonchev–Trinajstić information content (AvgIpc) is 3.01. The number of aliphatic hydroxyl groups is 1. The summed E-state index contributed by atoms with van der Waals surface area (Å²) in [5, 5.41) is 18.0. The summed E-state index contributed by atoms with van der Waals surface area (Å²) < 4.78 is 2.86. The zero-order valence-electron chi connectivity index (χ0n) is 15.5. The van der Waals surface area contributed by atoms with Crippen molar-refractivity contribution < 1.29 is 9.90 Å². The molecule has 0 aliphatic rings. The molecule has 0 saturated carbocycles. The summed E-state index contributed by atoms with van der Waals surface area (Å²) in [5.41, 5.74) is -0.653. The fourth-order valence-corrected chi connectivity index (χ4v) is 3.10. The van der Waals surface area contributed by atoms with E-state index >= 15 is 0 Å². The van der Waals surface area contributed by atoms with Crippen LogP contribution in [0.3, 0.4) is 0 Å². The fraction of sp³-hybridized carbons (Fsp3) is 0.350. The monoisotopic (exact) mass is 368 g/mol. The van der Waals surface area contributed by atoms with Crippen molar-refractivity contribution in [3.05, 3.63) is 70.8 Å². The molecule has 3 rings (SSSR count). The maximum atomic E-state index is 12.7. The van der Waals surface area contributed by atoms with E-state index in [1.54, 1.807) is 42.6 Å². The first-order chi connectivity index (χ1) is 12.9. The van der Waals surface area contributed by atoms with E-state index in [-0.39, 0.29) is 11.6 Å². The van der Waals surface area contributed by atoms with Crippen LogP contribution in [0.4, 0.5) is 0 Å². The minimum absolute atomic E-state index is 0.208. The Kier molecular flexibility index (Phi) is 5.41. The number of pyridine rings is 1. The topological polar surface area (TPSA) is 88.6 Å². The van der Waals surface area contributed by atoms with E-state index in [2.05, 4.69) is 10.4 Å².